The van der Waals surface area contributed by atoms with E-state index in [0.717, 1.165) is 5.02 Å². The predicted octanol–water partition coefficient (Wildman–Crippen LogP) is 5.22. The summed E-state index contributed by atoms with van der Waals surface area (Å²) in [6.45, 7) is 13.1. The van der Waals surface area contributed by atoms with E-state index in [4.69, 9.17) is 21.1 Å². The van der Waals surface area contributed by atoms with Gasteiger partial charge >= 0.3 is 11.9 Å². The topological polar surface area (TPSA) is 84.9 Å². The predicted molar refractivity (Wildman–Crippen MR) is 143 cm³/mol. The van der Waals surface area contributed by atoms with Gasteiger partial charge in [-0.2, -0.15) is 0 Å². The van der Waals surface area contributed by atoms with Gasteiger partial charge in [0.2, 0.25) is 0 Å². The van der Waals surface area contributed by atoms with Gasteiger partial charge in [0.25, 0.3) is 5.91 Å². The van der Waals surface area contributed by atoms with Gasteiger partial charge < -0.3 is 14.8 Å². The lowest BCUT2D eigenvalue weighted by Crippen LogP contribution is -2.73. The Kier molecular flexibility index (Phi) is 8.40. The second-order valence-electron chi connectivity index (χ2n) is 10.9. The molecule has 2 aliphatic carbocycles. The molecule has 0 spiro atoms. The Morgan fingerprint density at radius 3 is 2.00 bits per heavy atom. The third-order valence-corrected chi connectivity index (χ3v) is 7.12. The summed E-state index contributed by atoms with van der Waals surface area (Å²) in [5.41, 5.74) is -1.88. The van der Waals surface area contributed by atoms with Crippen molar-refractivity contribution in [3.8, 4) is 0 Å². The maximum atomic E-state index is 13.2. The van der Waals surface area contributed by atoms with Gasteiger partial charge in [0, 0.05) is 33.8 Å². The zero-order valence-electron chi connectivity index (χ0n) is 22.7. The number of nitrogens with zero attached hydrogens (tertiary/aromatic N) is 1. The molecule has 37 heavy (non-hydrogen) atoms. The maximum absolute atomic E-state index is 13.2. The Bertz CT molecular complexity index is 1240. The van der Waals surface area contributed by atoms with Gasteiger partial charge in [-0.1, -0.05) is 41.9 Å². The van der Waals surface area contributed by atoms with E-state index >= 15 is 0 Å². The zero-order chi connectivity index (χ0) is 27.6. The van der Waals surface area contributed by atoms with Crippen molar-refractivity contribution >= 4 is 29.4 Å². The van der Waals surface area contributed by atoms with Crippen molar-refractivity contribution in [2.45, 2.75) is 84.2 Å². The second kappa shape index (κ2) is 10.8. The van der Waals surface area contributed by atoms with Gasteiger partial charge in [0.15, 0.2) is 6.23 Å². The van der Waals surface area contributed by atoms with Gasteiger partial charge in [-0.15, -0.1) is 0 Å². The normalized spacial score (nSPS) is 18.9. The lowest BCUT2D eigenvalue weighted by molar-refractivity contribution is -0.192. The minimum atomic E-state index is -1.21. The number of carbonyl (C=O) groups excluding carboxylic acids is 3. The Labute approximate surface area is 223 Å². The maximum Gasteiger partial charge on any atom is 0.331 e. The van der Waals surface area contributed by atoms with E-state index < -0.39 is 28.8 Å². The molecule has 0 saturated carbocycles. The third kappa shape index (κ3) is 6.16. The molecule has 1 aromatic carbocycles. The van der Waals surface area contributed by atoms with Crippen molar-refractivity contribution in [2.75, 3.05) is 6.61 Å². The highest BCUT2D eigenvalue weighted by molar-refractivity contribution is 6.31. The first-order valence-electron chi connectivity index (χ1n) is 12.5. The van der Waals surface area contributed by atoms with E-state index in [9.17, 15) is 14.4 Å². The van der Waals surface area contributed by atoms with Crippen LogP contribution in [-0.4, -0.2) is 52.2 Å². The van der Waals surface area contributed by atoms with Crippen LogP contribution in [0.2, 0.25) is 5.02 Å². The summed E-state index contributed by atoms with van der Waals surface area (Å²) in [5.74, 6) is -1.14. The van der Waals surface area contributed by atoms with E-state index in [1.54, 1.807) is 31.2 Å². The molecule has 1 aromatic rings. The molecule has 1 unspecified atom stereocenters. The van der Waals surface area contributed by atoms with Crippen LogP contribution in [0.25, 0.3) is 0 Å². The van der Waals surface area contributed by atoms with Crippen molar-refractivity contribution in [1.29, 1.82) is 0 Å². The fourth-order valence-corrected chi connectivity index (χ4v) is 6.27. The molecular formula is C29H37ClN2O5. The molecule has 7 nitrogen and oxygen atoms in total. The van der Waals surface area contributed by atoms with Crippen LogP contribution in [0.5, 0.6) is 0 Å². The minimum absolute atomic E-state index is 0.218. The first-order valence-corrected chi connectivity index (χ1v) is 12.9. The molecule has 0 bridgehead atoms. The van der Waals surface area contributed by atoms with E-state index in [1.165, 1.54) is 17.4 Å². The summed E-state index contributed by atoms with van der Waals surface area (Å²) in [5, 5.41) is 6.46. The first-order chi connectivity index (χ1) is 17.2. The van der Waals surface area contributed by atoms with Crippen molar-refractivity contribution in [1.82, 2.24) is 10.2 Å². The largest absolute Gasteiger partial charge is 0.464 e. The monoisotopic (exact) mass is 528 g/mol. The molecule has 3 aliphatic rings. The molecule has 1 aliphatic heterocycles. The first kappa shape index (κ1) is 28.7. The fourth-order valence-electron chi connectivity index (χ4n) is 5.98. The quantitative estimate of drug-likeness (QED) is 0.441. The van der Waals surface area contributed by atoms with Crippen LogP contribution in [0.4, 0.5) is 0 Å². The molecule has 1 N–H and O–H groups in total. The number of rotatable bonds is 6. The van der Waals surface area contributed by atoms with Crippen LogP contribution in [0.15, 0.2) is 48.5 Å². The van der Waals surface area contributed by atoms with E-state index in [0.29, 0.717) is 18.4 Å². The average molecular weight is 529 g/mol. The number of hydrogen-bond acceptors (Lipinski definition) is 6. The zero-order valence-corrected chi connectivity index (χ0v) is 23.4. The molecular weight excluding hydrogens is 492 g/mol. The highest BCUT2D eigenvalue weighted by atomic mass is 35.5. The number of ether oxygens (including phenoxy) is 2. The van der Waals surface area contributed by atoms with Crippen LogP contribution < -0.4 is 5.32 Å². The number of piperidine rings is 1. The van der Waals surface area contributed by atoms with Crippen LogP contribution >= 0.6 is 11.6 Å². The summed E-state index contributed by atoms with van der Waals surface area (Å²) in [4.78, 5) is 39.8. The van der Waals surface area contributed by atoms with E-state index in [2.05, 4.69) is 16.3 Å². The Morgan fingerprint density at radius 1 is 1.03 bits per heavy atom. The number of nitrogens with one attached hydrogen (secondary N) is 1. The van der Waals surface area contributed by atoms with Crippen LogP contribution in [-0.2, 0) is 19.1 Å². The number of halogens is 1. The molecule has 200 valence electrons. The number of amides is 1. The molecule has 1 heterocycles. The molecule has 1 amide bonds. The molecule has 0 radical (unpaired) electrons. The summed E-state index contributed by atoms with van der Waals surface area (Å²) >= 11 is 5.60. The van der Waals surface area contributed by atoms with E-state index in [-0.39, 0.29) is 18.5 Å². The van der Waals surface area contributed by atoms with Crippen LogP contribution in [0, 0.1) is 10.4 Å². The molecule has 4 rings (SSSR count). The number of hydrogen-bond donors (Lipinski definition) is 1. The minimum Gasteiger partial charge on any atom is -0.464 e. The smallest absolute Gasteiger partial charge is 0.331 e. The molecule has 1 atom stereocenters. The van der Waals surface area contributed by atoms with Gasteiger partial charge in [0.05, 0.1) is 6.61 Å². The SMILES string of the molecule is CCOC(=O)C1(NC(=O)c2ccccc2)CC(C)(C)N(C(C)OC(C)=O)C(C)(C)C1.Clc1cc2ccc1=2. The molecule has 8 heteroatoms. The summed E-state index contributed by atoms with van der Waals surface area (Å²) in [7, 11) is 0. The van der Waals surface area contributed by atoms with Crippen molar-refractivity contribution in [2.24, 2.45) is 0 Å². The number of benzene rings is 2. The lowest BCUT2D eigenvalue weighted by Gasteiger charge is -2.59. The number of carbonyl (C=O) groups is 3. The second-order valence-corrected chi connectivity index (χ2v) is 11.3. The van der Waals surface area contributed by atoms with Gasteiger partial charge in [0.1, 0.15) is 5.54 Å². The molecule has 1 saturated heterocycles. The number of esters is 2. The summed E-state index contributed by atoms with van der Waals surface area (Å²) < 4.78 is 10.9. The molecule has 1 fully saturated rings. The van der Waals surface area contributed by atoms with E-state index in [1.807, 2.05) is 52.8 Å². The average Bonchev–Trinajstić information content (AvgIpc) is 2.76. The standard InChI is InChI=1S/C23H34N2O5.C6H3Cl/c1-8-29-20(28)23(24-19(27)18-12-10-9-11-13-18)14-21(4,5)25(22(6,7)15-23)16(2)30-17(3)26;7-6-3-4-1-2-5(4)6/h9-13,16H,8,14-15H2,1-7H3,(H,24,27);1-3H. The highest BCUT2D eigenvalue weighted by Crippen LogP contribution is 2.45. The Morgan fingerprint density at radius 2 is 1.62 bits per heavy atom. The molecule has 0 aromatic heterocycles. The van der Waals surface area contributed by atoms with Gasteiger partial charge in [-0.3, -0.25) is 14.5 Å². The Balaban J connectivity index is 0.000000458. The highest BCUT2D eigenvalue weighted by Gasteiger charge is 2.58. The third-order valence-electron chi connectivity index (χ3n) is 6.81. The van der Waals surface area contributed by atoms with Crippen LogP contribution in [0.3, 0.4) is 0 Å². The summed E-state index contributed by atoms with van der Waals surface area (Å²) in [6.07, 6.45) is 0.135. The van der Waals surface area contributed by atoms with Gasteiger partial charge in [-0.05, 0) is 77.8 Å². The van der Waals surface area contributed by atoms with Crippen LogP contribution in [0.1, 0.15) is 71.7 Å². The fraction of sp³-hybridized carbons (Fsp3) is 0.483. The van der Waals surface area contributed by atoms with Crippen molar-refractivity contribution in [3.05, 3.63) is 69.6 Å². The summed E-state index contributed by atoms with van der Waals surface area (Å²) in [6, 6.07) is 14.9. The Hall–Kier alpha value is -2.90. The van der Waals surface area contributed by atoms with Gasteiger partial charge in [-0.25, -0.2) is 4.79 Å². The lowest BCUT2D eigenvalue weighted by atomic mass is 9.68. The van der Waals surface area contributed by atoms with Crippen molar-refractivity contribution < 1.29 is 23.9 Å². The van der Waals surface area contributed by atoms with Crippen molar-refractivity contribution in [3.63, 3.8) is 0 Å². The number of likely N-dealkylation sites (tertiary alicyclic amines) is 1.